The Balaban J connectivity index is 2.22. The highest BCUT2D eigenvalue weighted by molar-refractivity contribution is 5.92. The molecule has 4 nitrogen and oxygen atoms in total. The summed E-state index contributed by atoms with van der Waals surface area (Å²) in [6, 6.07) is 7.70. The number of benzene rings is 1. The first-order valence-corrected chi connectivity index (χ1v) is 6.92. The van der Waals surface area contributed by atoms with E-state index in [1.54, 1.807) is 12.2 Å². The van der Waals surface area contributed by atoms with Crippen LogP contribution in [0, 0.1) is 0 Å². The molecule has 0 spiro atoms. The van der Waals surface area contributed by atoms with Crippen molar-refractivity contribution < 1.29 is 9.59 Å². The monoisotopic (exact) mass is 284 g/mol. The van der Waals surface area contributed by atoms with Crippen molar-refractivity contribution in [1.82, 2.24) is 4.90 Å². The summed E-state index contributed by atoms with van der Waals surface area (Å²) < 4.78 is 0. The number of ketones is 1. The molecule has 0 atom stereocenters. The van der Waals surface area contributed by atoms with E-state index in [0.717, 1.165) is 11.3 Å². The van der Waals surface area contributed by atoms with Crippen LogP contribution < -0.4 is 5.32 Å². The zero-order chi connectivity index (χ0) is 15.5. The lowest BCUT2D eigenvalue weighted by atomic mass is 9.92. The van der Waals surface area contributed by atoms with E-state index in [4.69, 9.17) is 0 Å². The van der Waals surface area contributed by atoms with E-state index in [-0.39, 0.29) is 17.2 Å². The number of allylic oxidation sites excluding steroid dienone is 2. The molecule has 0 bridgehead atoms. The summed E-state index contributed by atoms with van der Waals surface area (Å²) >= 11 is 0. The largest absolute Gasteiger partial charge is 0.361 e. The highest BCUT2D eigenvalue weighted by Crippen LogP contribution is 2.29. The van der Waals surface area contributed by atoms with Gasteiger partial charge in [-0.1, -0.05) is 18.2 Å². The smallest absolute Gasteiger partial charge is 0.221 e. The average molecular weight is 284 g/mol. The number of amides is 1. The van der Waals surface area contributed by atoms with Gasteiger partial charge in [0.15, 0.2) is 5.78 Å². The van der Waals surface area contributed by atoms with Crippen LogP contribution in [0.2, 0.25) is 0 Å². The Kier molecular flexibility index (Phi) is 4.26. The van der Waals surface area contributed by atoms with Gasteiger partial charge in [-0.15, -0.1) is 0 Å². The minimum Gasteiger partial charge on any atom is -0.361 e. The molecule has 0 fully saturated rings. The van der Waals surface area contributed by atoms with Crippen LogP contribution in [0.15, 0.2) is 48.7 Å². The van der Waals surface area contributed by atoms with Gasteiger partial charge in [0.1, 0.15) is 0 Å². The molecule has 1 aliphatic heterocycles. The molecule has 0 saturated heterocycles. The van der Waals surface area contributed by atoms with Crippen molar-refractivity contribution in [1.29, 1.82) is 0 Å². The molecule has 1 N–H and O–H groups in total. The second kappa shape index (κ2) is 5.95. The van der Waals surface area contributed by atoms with Crippen molar-refractivity contribution in [2.75, 3.05) is 11.9 Å². The molecule has 0 saturated carbocycles. The molecule has 1 heterocycles. The number of anilines is 1. The number of rotatable bonds is 3. The number of hydrogen-bond acceptors (Lipinski definition) is 3. The Bertz CT molecular complexity index is 598. The molecule has 1 aliphatic rings. The number of nitrogens with zero attached hydrogens (tertiary/aromatic N) is 1. The fourth-order valence-corrected chi connectivity index (χ4v) is 2.30. The highest BCUT2D eigenvalue weighted by atomic mass is 16.1. The van der Waals surface area contributed by atoms with Gasteiger partial charge in [-0.05, 0) is 43.7 Å². The summed E-state index contributed by atoms with van der Waals surface area (Å²) in [6.07, 6.45) is 7.16. The van der Waals surface area contributed by atoms with Gasteiger partial charge >= 0.3 is 0 Å². The normalized spacial score (nSPS) is 15.0. The lowest BCUT2D eigenvalue weighted by Crippen LogP contribution is -2.40. The zero-order valence-electron chi connectivity index (χ0n) is 12.6. The maximum Gasteiger partial charge on any atom is 0.221 e. The lowest BCUT2D eigenvalue weighted by Gasteiger charge is -2.37. The first-order valence-electron chi connectivity index (χ1n) is 6.92. The minimum atomic E-state index is -0.313. The standard InChI is InChI=1S/C17H20N2O2/c1-13(20)18-15-9-7-14(8-10-15)17(2,3)19-11-5-4-6-16(21)12-19/h4-11H,12H2,1-3H3,(H,18,20). The van der Waals surface area contributed by atoms with Crippen molar-refractivity contribution in [3.8, 4) is 0 Å². The first kappa shape index (κ1) is 15.0. The Hall–Kier alpha value is -2.36. The van der Waals surface area contributed by atoms with Crippen LogP contribution in [0.25, 0.3) is 0 Å². The Morgan fingerprint density at radius 1 is 1.19 bits per heavy atom. The van der Waals surface area contributed by atoms with Crippen molar-refractivity contribution in [3.05, 3.63) is 54.3 Å². The predicted molar refractivity (Wildman–Crippen MR) is 83.8 cm³/mol. The molecule has 0 unspecified atom stereocenters. The summed E-state index contributed by atoms with van der Waals surface area (Å²) in [4.78, 5) is 24.8. The molecule has 1 amide bonds. The Morgan fingerprint density at radius 2 is 1.86 bits per heavy atom. The van der Waals surface area contributed by atoms with E-state index in [1.807, 2.05) is 41.4 Å². The third-order valence-corrected chi connectivity index (χ3v) is 3.62. The van der Waals surface area contributed by atoms with E-state index in [0.29, 0.717) is 6.54 Å². The fourth-order valence-electron chi connectivity index (χ4n) is 2.30. The molecule has 21 heavy (non-hydrogen) atoms. The molecule has 1 aromatic carbocycles. The number of carbonyl (C=O) groups is 2. The maximum atomic E-state index is 11.7. The third-order valence-electron chi connectivity index (χ3n) is 3.62. The SMILES string of the molecule is CC(=O)Nc1ccc(C(C)(C)N2C=CC=CC(=O)C2)cc1. The molecular formula is C17H20N2O2. The molecule has 0 aromatic heterocycles. The van der Waals surface area contributed by atoms with E-state index in [9.17, 15) is 9.59 Å². The highest BCUT2D eigenvalue weighted by Gasteiger charge is 2.28. The van der Waals surface area contributed by atoms with Gasteiger partial charge in [-0.2, -0.15) is 0 Å². The van der Waals surface area contributed by atoms with E-state index >= 15 is 0 Å². The molecule has 0 aliphatic carbocycles. The van der Waals surface area contributed by atoms with Crippen LogP contribution in [0.4, 0.5) is 5.69 Å². The van der Waals surface area contributed by atoms with Crippen molar-refractivity contribution in [3.63, 3.8) is 0 Å². The summed E-state index contributed by atoms with van der Waals surface area (Å²) in [5.41, 5.74) is 1.54. The Morgan fingerprint density at radius 3 is 2.48 bits per heavy atom. The van der Waals surface area contributed by atoms with Gasteiger partial charge in [-0.25, -0.2) is 0 Å². The van der Waals surface area contributed by atoms with Crippen molar-refractivity contribution in [2.24, 2.45) is 0 Å². The molecule has 1 aromatic rings. The van der Waals surface area contributed by atoms with Gasteiger partial charge < -0.3 is 10.2 Å². The molecule has 2 rings (SSSR count). The lowest BCUT2D eigenvalue weighted by molar-refractivity contribution is -0.116. The summed E-state index contributed by atoms with van der Waals surface area (Å²) in [7, 11) is 0. The van der Waals surface area contributed by atoms with Crippen LogP contribution in [-0.4, -0.2) is 23.1 Å². The zero-order valence-corrected chi connectivity index (χ0v) is 12.6. The topological polar surface area (TPSA) is 49.4 Å². The molecular weight excluding hydrogens is 264 g/mol. The summed E-state index contributed by atoms with van der Waals surface area (Å²) in [5.74, 6) is -0.00271. The van der Waals surface area contributed by atoms with E-state index < -0.39 is 0 Å². The number of hydrogen-bond donors (Lipinski definition) is 1. The van der Waals surface area contributed by atoms with Gasteiger partial charge in [0.2, 0.25) is 5.91 Å². The van der Waals surface area contributed by atoms with Crippen LogP contribution in [0.5, 0.6) is 0 Å². The van der Waals surface area contributed by atoms with Crippen LogP contribution in [0.1, 0.15) is 26.3 Å². The second-order valence-electron chi connectivity index (χ2n) is 5.61. The van der Waals surface area contributed by atoms with E-state index in [1.165, 1.54) is 6.92 Å². The number of nitrogens with one attached hydrogen (secondary N) is 1. The van der Waals surface area contributed by atoms with E-state index in [2.05, 4.69) is 19.2 Å². The second-order valence-corrected chi connectivity index (χ2v) is 5.61. The van der Waals surface area contributed by atoms with Crippen molar-refractivity contribution >= 4 is 17.4 Å². The molecule has 0 radical (unpaired) electrons. The van der Waals surface area contributed by atoms with Crippen LogP contribution >= 0.6 is 0 Å². The van der Waals surface area contributed by atoms with Crippen LogP contribution in [0.3, 0.4) is 0 Å². The van der Waals surface area contributed by atoms with Gasteiger partial charge in [0, 0.05) is 18.8 Å². The number of carbonyl (C=O) groups excluding carboxylic acids is 2. The first-order chi connectivity index (χ1) is 9.89. The Labute approximate surface area is 125 Å². The summed E-state index contributed by atoms with van der Waals surface area (Å²) in [5, 5.41) is 2.75. The molecule has 110 valence electrons. The van der Waals surface area contributed by atoms with Gasteiger partial charge in [0.25, 0.3) is 0 Å². The maximum absolute atomic E-state index is 11.7. The quantitative estimate of drug-likeness (QED) is 0.928. The van der Waals surface area contributed by atoms with Crippen LogP contribution in [-0.2, 0) is 15.1 Å². The third kappa shape index (κ3) is 3.60. The van der Waals surface area contributed by atoms with Gasteiger partial charge in [0.05, 0.1) is 12.1 Å². The average Bonchev–Trinajstić information content (AvgIpc) is 2.64. The fraction of sp³-hybridized carbons (Fsp3) is 0.294. The summed E-state index contributed by atoms with van der Waals surface area (Å²) in [6.45, 7) is 5.98. The predicted octanol–water partition coefficient (Wildman–Crippen LogP) is 2.83. The molecule has 4 heteroatoms. The minimum absolute atomic E-state index is 0.0861. The van der Waals surface area contributed by atoms with Crippen molar-refractivity contribution in [2.45, 2.75) is 26.3 Å². The van der Waals surface area contributed by atoms with Gasteiger partial charge in [-0.3, -0.25) is 9.59 Å².